The summed E-state index contributed by atoms with van der Waals surface area (Å²) < 4.78 is 43.4. The summed E-state index contributed by atoms with van der Waals surface area (Å²) in [5.41, 5.74) is 0.152. The van der Waals surface area contributed by atoms with Crippen LogP contribution in [0.15, 0.2) is 80.7 Å². The highest BCUT2D eigenvalue weighted by atomic mass is 32.2. The first kappa shape index (κ1) is 20.2. The molecule has 0 saturated heterocycles. The minimum absolute atomic E-state index is 0.0171. The van der Waals surface area contributed by atoms with E-state index < -0.39 is 15.9 Å². The van der Waals surface area contributed by atoms with E-state index in [0.717, 1.165) is 0 Å². The molecule has 0 aliphatic rings. The third-order valence-electron chi connectivity index (χ3n) is 4.16. The lowest BCUT2D eigenvalue weighted by Crippen LogP contribution is -2.18. The Morgan fingerprint density at radius 2 is 1.77 bits per heavy atom. The third kappa shape index (κ3) is 4.41. The van der Waals surface area contributed by atoms with Gasteiger partial charge in [-0.15, -0.1) is 5.10 Å². The Hall–Kier alpha value is -4.12. The van der Waals surface area contributed by atoms with E-state index in [1.165, 1.54) is 49.8 Å². The zero-order chi connectivity index (χ0) is 21.8. The third-order valence-corrected chi connectivity index (χ3v) is 5.54. The van der Waals surface area contributed by atoms with E-state index in [4.69, 9.17) is 13.6 Å². The summed E-state index contributed by atoms with van der Waals surface area (Å²) in [7, 11) is -2.46. The Morgan fingerprint density at radius 1 is 1.00 bits per heavy atom. The van der Waals surface area contributed by atoms with Crippen molar-refractivity contribution in [2.24, 2.45) is 0 Å². The van der Waals surface area contributed by atoms with Gasteiger partial charge in [-0.3, -0.25) is 14.8 Å². The number of methoxy groups -OCH3 is 1. The number of anilines is 2. The number of nitrogens with zero attached hydrogens (tertiary/aromatic N) is 2. The Balaban J connectivity index is 1.54. The summed E-state index contributed by atoms with van der Waals surface area (Å²) in [6.45, 7) is 0. The molecule has 2 aromatic heterocycles. The summed E-state index contributed by atoms with van der Waals surface area (Å²) in [4.78, 5) is 12.7. The summed E-state index contributed by atoms with van der Waals surface area (Å²) >= 11 is 0. The quantitative estimate of drug-likeness (QED) is 0.446. The van der Waals surface area contributed by atoms with Gasteiger partial charge in [0.15, 0.2) is 5.76 Å². The van der Waals surface area contributed by atoms with E-state index in [-0.39, 0.29) is 28.1 Å². The second-order valence-electron chi connectivity index (χ2n) is 6.17. The Kier molecular flexibility index (Phi) is 5.41. The highest BCUT2D eigenvalue weighted by molar-refractivity contribution is 7.92. The molecule has 0 radical (unpaired) electrons. The molecule has 158 valence electrons. The van der Waals surface area contributed by atoms with Gasteiger partial charge in [0.1, 0.15) is 5.75 Å². The largest absolute Gasteiger partial charge is 0.497 e. The van der Waals surface area contributed by atoms with Crippen LogP contribution in [0.2, 0.25) is 0 Å². The molecule has 31 heavy (non-hydrogen) atoms. The number of ether oxygens (including phenoxy) is 1. The molecule has 4 aromatic rings. The van der Waals surface area contributed by atoms with Crippen LogP contribution >= 0.6 is 0 Å². The maximum absolute atomic E-state index is 12.7. The Morgan fingerprint density at radius 3 is 2.48 bits per heavy atom. The van der Waals surface area contributed by atoms with Crippen LogP contribution in [0.3, 0.4) is 0 Å². The van der Waals surface area contributed by atoms with E-state index in [0.29, 0.717) is 11.5 Å². The number of amides is 1. The molecule has 0 aliphatic carbocycles. The van der Waals surface area contributed by atoms with Gasteiger partial charge in [-0.2, -0.15) is 0 Å². The second kappa shape index (κ2) is 8.32. The SMILES string of the molecule is COc1ccc(S(=O)(=O)Nc2ccccc2C(=O)Nc2nnc(-c3ccco3)o2)cc1. The van der Waals surface area contributed by atoms with Crippen LogP contribution in [0.4, 0.5) is 11.7 Å². The number of rotatable bonds is 7. The second-order valence-corrected chi connectivity index (χ2v) is 7.85. The average Bonchev–Trinajstić information content (AvgIpc) is 3.46. The van der Waals surface area contributed by atoms with Gasteiger partial charge >= 0.3 is 6.01 Å². The van der Waals surface area contributed by atoms with Gasteiger partial charge < -0.3 is 13.6 Å². The molecule has 11 heteroatoms. The van der Waals surface area contributed by atoms with Gasteiger partial charge in [-0.25, -0.2) is 8.42 Å². The maximum atomic E-state index is 12.7. The highest BCUT2D eigenvalue weighted by Gasteiger charge is 2.20. The molecule has 0 atom stereocenters. The minimum Gasteiger partial charge on any atom is -0.497 e. The molecule has 2 heterocycles. The van der Waals surface area contributed by atoms with E-state index in [1.54, 1.807) is 24.3 Å². The minimum atomic E-state index is -3.94. The van der Waals surface area contributed by atoms with Gasteiger partial charge in [0.2, 0.25) is 0 Å². The summed E-state index contributed by atoms with van der Waals surface area (Å²) in [5, 5.41) is 9.99. The fraction of sp³-hybridized carbons (Fsp3) is 0.0500. The van der Waals surface area contributed by atoms with E-state index in [9.17, 15) is 13.2 Å². The van der Waals surface area contributed by atoms with Crippen molar-refractivity contribution in [3.8, 4) is 17.4 Å². The van der Waals surface area contributed by atoms with E-state index in [1.807, 2.05) is 0 Å². The van der Waals surface area contributed by atoms with E-state index >= 15 is 0 Å². The monoisotopic (exact) mass is 440 g/mol. The van der Waals surface area contributed by atoms with Crippen LogP contribution in [0.1, 0.15) is 10.4 Å². The number of furan rings is 1. The van der Waals surface area contributed by atoms with E-state index in [2.05, 4.69) is 20.2 Å². The number of nitrogens with one attached hydrogen (secondary N) is 2. The number of sulfonamides is 1. The number of benzene rings is 2. The molecule has 4 rings (SSSR count). The first-order valence-corrected chi connectivity index (χ1v) is 10.4. The fourth-order valence-electron chi connectivity index (χ4n) is 2.67. The van der Waals surface area contributed by atoms with Crippen molar-refractivity contribution in [2.45, 2.75) is 4.90 Å². The van der Waals surface area contributed by atoms with Crippen molar-refractivity contribution in [1.29, 1.82) is 0 Å². The van der Waals surface area contributed by atoms with Crippen LogP contribution in [-0.4, -0.2) is 31.6 Å². The van der Waals surface area contributed by atoms with Gasteiger partial charge in [0, 0.05) is 0 Å². The summed E-state index contributed by atoms with van der Waals surface area (Å²) in [6.07, 6.45) is 1.45. The van der Waals surface area contributed by atoms with Crippen LogP contribution in [0, 0.1) is 0 Å². The number of carbonyl (C=O) groups excluding carboxylic acids is 1. The predicted molar refractivity (Wildman–Crippen MR) is 110 cm³/mol. The van der Waals surface area contributed by atoms with Crippen LogP contribution in [-0.2, 0) is 10.0 Å². The van der Waals surface area contributed by atoms with Gasteiger partial charge in [0.05, 0.1) is 29.5 Å². The van der Waals surface area contributed by atoms with Crippen molar-refractivity contribution in [2.75, 3.05) is 17.1 Å². The van der Waals surface area contributed by atoms with Crippen molar-refractivity contribution in [3.05, 3.63) is 72.5 Å². The summed E-state index contributed by atoms with van der Waals surface area (Å²) in [6, 6.07) is 15.1. The lowest BCUT2D eigenvalue weighted by Gasteiger charge is -2.12. The molecule has 0 unspecified atom stereocenters. The molecule has 0 saturated carbocycles. The normalized spacial score (nSPS) is 11.1. The smallest absolute Gasteiger partial charge is 0.322 e. The number of hydrogen-bond donors (Lipinski definition) is 2. The topological polar surface area (TPSA) is 137 Å². The summed E-state index contributed by atoms with van der Waals surface area (Å²) in [5.74, 6) is 0.323. The fourth-order valence-corrected chi connectivity index (χ4v) is 3.75. The molecule has 0 aliphatic heterocycles. The highest BCUT2D eigenvalue weighted by Crippen LogP contribution is 2.24. The molecule has 2 aromatic carbocycles. The molecule has 0 spiro atoms. The lowest BCUT2D eigenvalue weighted by molar-refractivity contribution is 0.102. The number of carbonyl (C=O) groups is 1. The van der Waals surface area contributed by atoms with Crippen LogP contribution in [0.25, 0.3) is 11.7 Å². The molecular formula is C20H16N4O6S. The number of para-hydroxylation sites is 1. The van der Waals surface area contributed by atoms with Gasteiger partial charge in [-0.05, 0) is 48.5 Å². The van der Waals surface area contributed by atoms with Crippen molar-refractivity contribution < 1.29 is 26.8 Å². The van der Waals surface area contributed by atoms with Crippen molar-refractivity contribution >= 4 is 27.6 Å². The molecule has 0 fully saturated rings. The zero-order valence-corrected chi connectivity index (χ0v) is 16.9. The van der Waals surface area contributed by atoms with Crippen LogP contribution in [0.5, 0.6) is 5.75 Å². The van der Waals surface area contributed by atoms with Gasteiger partial charge in [0.25, 0.3) is 21.8 Å². The molecular weight excluding hydrogens is 424 g/mol. The molecule has 10 nitrogen and oxygen atoms in total. The Labute approximate surface area is 176 Å². The average molecular weight is 440 g/mol. The Bertz CT molecular complexity index is 1300. The number of aromatic nitrogens is 2. The number of hydrogen-bond acceptors (Lipinski definition) is 8. The lowest BCUT2D eigenvalue weighted by atomic mass is 10.2. The first-order chi connectivity index (χ1) is 15.0. The van der Waals surface area contributed by atoms with Crippen LogP contribution < -0.4 is 14.8 Å². The zero-order valence-electron chi connectivity index (χ0n) is 16.1. The predicted octanol–water partition coefficient (Wildman–Crippen LogP) is 3.39. The van der Waals surface area contributed by atoms with Crippen molar-refractivity contribution in [3.63, 3.8) is 0 Å². The molecule has 2 N–H and O–H groups in total. The molecule has 0 bridgehead atoms. The first-order valence-electron chi connectivity index (χ1n) is 8.91. The van der Waals surface area contributed by atoms with Gasteiger partial charge in [-0.1, -0.05) is 17.2 Å². The van der Waals surface area contributed by atoms with Crippen molar-refractivity contribution in [1.82, 2.24) is 10.2 Å². The standard InChI is InChI=1S/C20H16N4O6S/c1-28-13-8-10-14(11-9-13)31(26,27)24-16-6-3-2-5-15(16)18(25)21-20-23-22-19(30-20)17-7-4-12-29-17/h2-12,24H,1H3,(H,21,23,25). The molecule has 1 amide bonds. The maximum Gasteiger partial charge on any atom is 0.322 e.